The van der Waals surface area contributed by atoms with Crippen molar-refractivity contribution < 1.29 is 9.47 Å². The quantitative estimate of drug-likeness (QED) is 0.596. The van der Waals surface area contributed by atoms with E-state index in [1.54, 1.807) is 13.2 Å². The zero-order chi connectivity index (χ0) is 21.4. The number of aromatic nitrogens is 4. The lowest BCUT2D eigenvalue weighted by molar-refractivity contribution is 0.0372. The second-order valence-electron chi connectivity index (χ2n) is 7.06. The number of ether oxygens (including phenoxy) is 2. The van der Waals surface area contributed by atoms with Gasteiger partial charge in [0.2, 0.25) is 0 Å². The Kier molecular flexibility index (Phi) is 7.09. The number of anilines is 3. The first kappa shape index (κ1) is 21.4. The second kappa shape index (κ2) is 9.94. The average Bonchev–Trinajstić information content (AvgIpc) is 2.78. The Morgan fingerprint density at radius 2 is 2.17 bits per heavy atom. The molecule has 10 nitrogen and oxygen atoms in total. The van der Waals surface area contributed by atoms with E-state index in [4.69, 9.17) is 14.7 Å². The van der Waals surface area contributed by atoms with Crippen molar-refractivity contribution in [3.05, 3.63) is 29.8 Å². The molecule has 156 valence electrons. The molecule has 1 fully saturated rings. The monoisotopic (exact) mass is 408 g/mol. The van der Waals surface area contributed by atoms with Gasteiger partial charge in [0, 0.05) is 32.8 Å². The zero-order valence-corrected chi connectivity index (χ0v) is 17.2. The maximum atomic E-state index is 8.84. The number of rotatable bonds is 6. The molecular weight excluding hydrogens is 384 g/mol. The Morgan fingerprint density at radius 3 is 2.83 bits per heavy atom. The van der Waals surface area contributed by atoms with Crippen molar-refractivity contribution in [2.45, 2.75) is 25.6 Å². The number of methoxy groups -OCH3 is 1. The van der Waals surface area contributed by atoms with Crippen LogP contribution in [0.5, 0.6) is 0 Å². The lowest BCUT2D eigenvalue weighted by atomic mass is 10.1. The van der Waals surface area contributed by atoms with Crippen molar-refractivity contribution in [3.8, 4) is 17.9 Å². The van der Waals surface area contributed by atoms with Crippen LogP contribution < -0.4 is 16.0 Å². The van der Waals surface area contributed by atoms with E-state index in [9.17, 15) is 0 Å². The van der Waals surface area contributed by atoms with Crippen LogP contribution in [0.3, 0.4) is 0 Å². The van der Waals surface area contributed by atoms with Gasteiger partial charge in [-0.05, 0) is 19.8 Å². The van der Waals surface area contributed by atoms with Crippen LogP contribution in [0.1, 0.15) is 25.2 Å². The minimum atomic E-state index is -0.607. The van der Waals surface area contributed by atoms with Crippen LogP contribution in [0.4, 0.5) is 17.3 Å². The summed E-state index contributed by atoms with van der Waals surface area (Å²) in [5.41, 5.74) is 0.842. The standard InChI is InChI=1S/C20H24N8O2/c1-20(2,29-3)5-4-16-17(24-12-15-11-22-6-7-30-15)8-18(28-27-16)26-19-13-23-14(9-21)10-25-19/h8,10,13,15,22H,6-7,11-12H2,1-3H3,(H2,24,25,26,28)/t15-/m1/s1. The van der Waals surface area contributed by atoms with Gasteiger partial charge in [0.05, 0.1) is 30.8 Å². The lowest BCUT2D eigenvalue weighted by Gasteiger charge is -2.24. The van der Waals surface area contributed by atoms with Gasteiger partial charge in [-0.25, -0.2) is 9.97 Å². The van der Waals surface area contributed by atoms with E-state index in [1.807, 2.05) is 19.9 Å². The summed E-state index contributed by atoms with van der Waals surface area (Å²) < 4.78 is 11.1. The van der Waals surface area contributed by atoms with E-state index in [0.29, 0.717) is 36.2 Å². The van der Waals surface area contributed by atoms with E-state index in [-0.39, 0.29) is 11.8 Å². The molecule has 3 N–H and O–H groups in total. The third-order valence-electron chi connectivity index (χ3n) is 4.33. The zero-order valence-electron chi connectivity index (χ0n) is 17.2. The predicted octanol–water partition coefficient (Wildman–Crippen LogP) is 1.06. The number of nitrogens with one attached hydrogen (secondary N) is 3. The Labute approximate surface area is 175 Å². The molecule has 0 aliphatic carbocycles. The third kappa shape index (κ3) is 6.09. The molecule has 0 saturated carbocycles. The maximum absolute atomic E-state index is 8.84. The highest BCUT2D eigenvalue weighted by Crippen LogP contribution is 2.19. The summed E-state index contributed by atoms with van der Waals surface area (Å²) in [6, 6.07) is 3.73. The molecule has 0 aromatic carbocycles. The van der Waals surface area contributed by atoms with Crippen LogP contribution in [-0.2, 0) is 9.47 Å². The van der Waals surface area contributed by atoms with Crippen molar-refractivity contribution >= 4 is 17.3 Å². The smallest absolute Gasteiger partial charge is 0.159 e. The summed E-state index contributed by atoms with van der Waals surface area (Å²) >= 11 is 0. The molecule has 0 spiro atoms. The summed E-state index contributed by atoms with van der Waals surface area (Å²) in [6.45, 7) is 6.66. The van der Waals surface area contributed by atoms with E-state index in [1.165, 1.54) is 12.4 Å². The molecule has 0 radical (unpaired) electrons. The Balaban J connectivity index is 1.81. The van der Waals surface area contributed by atoms with Gasteiger partial charge >= 0.3 is 0 Å². The van der Waals surface area contributed by atoms with Crippen LogP contribution >= 0.6 is 0 Å². The minimum absolute atomic E-state index is 0.0453. The van der Waals surface area contributed by atoms with Crippen LogP contribution in [0, 0.1) is 23.2 Å². The highest BCUT2D eigenvalue weighted by atomic mass is 16.5. The molecule has 3 rings (SSSR count). The molecule has 2 aromatic rings. The van der Waals surface area contributed by atoms with Gasteiger partial charge in [-0.1, -0.05) is 5.92 Å². The van der Waals surface area contributed by atoms with Gasteiger partial charge < -0.3 is 25.4 Å². The first-order valence-corrected chi connectivity index (χ1v) is 9.50. The highest BCUT2D eigenvalue weighted by molar-refractivity contribution is 5.63. The Morgan fingerprint density at radius 1 is 1.30 bits per heavy atom. The summed E-state index contributed by atoms with van der Waals surface area (Å²) in [7, 11) is 1.61. The van der Waals surface area contributed by atoms with Crippen LogP contribution in [0.2, 0.25) is 0 Å². The molecular formula is C20H24N8O2. The Bertz CT molecular complexity index is 953. The number of nitrogens with zero attached hydrogens (tertiary/aromatic N) is 5. The van der Waals surface area contributed by atoms with Gasteiger partial charge in [0.15, 0.2) is 17.2 Å². The van der Waals surface area contributed by atoms with Crippen molar-refractivity contribution in [1.82, 2.24) is 25.5 Å². The molecule has 1 aliphatic rings. The lowest BCUT2D eigenvalue weighted by Crippen LogP contribution is -2.42. The molecule has 3 heterocycles. The SMILES string of the molecule is COC(C)(C)C#Cc1nnc(Nc2cnc(C#N)cn2)cc1NC[C@H]1CNCCO1. The summed E-state index contributed by atoms with van der Waals surface area (Å²) in [6.07, 6.45) is 2.89. The van der Waals surface area contributed by atoms with E-state index < -0.39 is 5.60 Å². The fourth-order valence-corrected chi connectivity index (χ4v) is 2.50. The average molecular weight is 408 g/mol. The molecule has 1 atom stereocenters. The molecule has 0 bridgehead atoms. The van der Waals surface area contributed by atoms with Gasteiger partial charge in [-0.15, -0.1) is 10.2 Å². The molecule has 10 heteroatoms. The van der Waals surface area contributed by atoms with Gasteiger partial charge in [0.25, 0.3) is 0 Å². The summed E-state index contributed by atoms with van der Waals surface area (Å²) in [4.78, 5) is 8.13. The molecule has 30 heavy (non-hydrogen) atoms. The first-order valence-electron chi connectivity index (χ1n) is 9.50. The van der Waals surface area contributed by atoms with Crippen LogP contribution in [0.25, 0.3) is 0 Å². The molecule has 0 unspecified atom stereocenters. The van der Waals surface area contributed by atoms with Gasteiger partial charge in [-0.3, -0.25) is 0 Å². The number of morpholine rings is 1. The topological polar surface area (TPSA) is 130 Å². The molecule has 1 aliphatic heterocycles. The second-order valence-corrected chi connectivity index (χ2v) is 7.06. The highest BCUT2D eigenvalue weighted by Gasteiger charge is 2.16. The normalized spacial score (nSPS) is 16.1. The predicted molar refractivity (Wildman–Crippen MR) is 111 cm³/mol. The number of nitriles is 1. The van der Waals surface area contributed by atoms with Crippen molar-refractivity contribution in [2.75, 3.05) is 44.0 Å². The van der Waals surface area contributed by atoms with E-state index in [0.717, 1.165) is 13.1 Å². The molecule has 0 amide bonds. The molecule has 2 aromatic heterocycles. The maximum Gasteiger partial charge on any atom is 0.159 e. The fraction of sp³-hybridized carbons (Fsp3) is 0.450. The summed E-state index contributed by atoms with van der Waals surface area (Å²) in [5, 5.41) is 27.0. The van der Waals surface area contributed by atoms with E-state index >= 15 is 0 Å². The Hall–Kier alpha value is -3.31. The van der Waals surface area contributed by atoms with Gasteiger partial charge in [0.1, 0.15) is 17.5 Å². The van der Waals surface area contributed by atoms with Crippen molar-refractivity contribution in [3.63, 3.8) is 0 Å². The number of hydrogen-bond donors (Lipinski definition) is 3. The first-order chi connectivity index (χ1) is 14.5. The van der Waals surface area contributed by atoms with Crippen LogP contribution in [-0.4, -0.2) is 65.2 Å². The minimum Gasteiger partial charge on any atom is -0.380 e. The fourth-order valence-electron chi connectivity index (χ4n) is 2.50. The third-order valence-corrected chi connectivity index (χ3v) is 4.33. The number of hydrogen-bond acceptors (Lipinski definition) is 10. The van der Waals surface area contributed by atoms with Crippen LogP contribution in [0.15, 0.2) is 18.5 Å². The summed E-state index contributed by atoms with van der Waals surface area (Å²) in [5.74, 6) is 7.01. The molecule has 1 saturated heterocycles. The van der Waals surface area contributed by atoms with Gasteiger partial charge in [-0.2, -0.15) is 5.26 Å². The van der Waals surface area contributed by atoms with E-state index in [2.05, 4.69) is 48.0 Å². The van der Waals surface area contributed by atoms with Crippen molar-refractivity contribution in [2.24, 2.45) is 0 Å². The largest absolute Gasteiger partial charge is 0.380 e. The van der Waals surface area contributed by atoms with Crippen molar-refractivity contribution in [1.29, 1.82) is 5.26 Å².